The van der Waals surface area contributed by atoms with E-state index in [1.807, 2.05) is 13.0 Å². The molecule has 1 aromatic carbocycles. The van der Waals surface area contributed by atoms with Crippen LogP contribution >= 0.6 is 0 Å². The number of ether oxygens (including phenoxy) is 1. The second-order valence-electron chi connectivity index (χ2n) is 5.05. The van der Waals surface area contributed by atoms with Crippen LogP contribution in [0, 0.1) is 11.3 Å². The van der Waals surface area contributed by atoms with E-state index in [1.54, 1.807) is 12.1 Å². The quantitative estimate of drug-likeness (QED) is 0.311. The molecule has 1 aromatic rings. The van der Waals surface area contributed by atoms with Gasteiger partial charge in [0.2, 0.25) is 10.0 Å². The van der Waals surface area contributed by atoms with Crippen LogP contribution < -0.4 is 15.8 Å². The van der Waals surface area contributed by atoms with E-state index in [-0.39, 0.29) is 10.5 Å². The summed E-state index contributed by atoms with van der Waals surface area (Å²) >= 11 is 0. The molecule has 1 rings (SSSR count). The molecule has 4 N–H and O–H groups in total. The largest absolute Gasteiger partial charge is 0.386 e. The standard InChI is InChI=1S/C16H22N4O4S/c1-2-24-9-3-8-20-16(21)14(10-17)12-19-11-13-4-6-15(7-5-13)25(18,22)23/h4-7,12,19H,2-3,8-9,11H2,1H3,(H,20,21)(H2,18,22,23)/b14-12-. The molecular formula is C16H22N4O4S. The van der Waals surface area contributed by atoms with Crippen LogP contribution in [-0.4, -0.2) is 34.1 Å². The van der Waals surface area contributed by atoms with Crippen LogP contribution in [0.15, 0.2) is 40.9 Å². The Labute approximate surface area is 147 Å². The van der Waals surface area contributed by atoms with Gasteiger partial charge in [-0.1, -0.05) is 12.1 Å². The fourth-order valence-electron chi connectivity index (χ4n) is 1.83. The van der Waals surface area contributed by atoms with Gasteiger partial charge in [0.05, 0.1) is 4.90 Å². The molecule has 25 heavy (non-hydrogen) atoms. The summed E-state index contributed by atoms with van der Waals surface area (Å²) in [7, 11) is -3.72. The fourth-order valence-corrected chi connectivity index (χ4v) is 2.35. The molecule has 8 nitrogen and oxygen atoms in total. The summed E-state index contributed by atoms with van der Waals surface area (Å²) in [6.07, 6.45) is 1.99. The third kappa shape index (κ3) is 7.80. The monoisotopic (exact) mass is 366 g/mol. The Morgan fingerprint density at radius 2 is 2.04 bits per heavy atom. The number of amides is 1. The van der Waals surface area contributed by atoms with Crippen molar-refractivity contribution in [1.29, 1.82) is 5.26 Å². The number of nitrogens with two attached hydrogens (primary N) is 1. The molecule has 0 saturated carbocycles. The molecule has 0 aliphatic carbocycles. The highest BCUT2D eigenvalue weighted by Gasteiger charge is 2.08. The Hall–Kier alpha value is -2.41. The first-order valence-electron chi connectivity index (χ1n) is 7.69. The van der Waals surface area contributed by atoms with E-state index in [1.165, 1.54) is 18.3 Å². The highest BCUT2D eigenvalue weighted by atomic mass is 32.2. The summed E-state index contributed by atoms with van der Waals surface area (Å²) in [5, 5.41) is 19.5. The van der Waals surface area contributed by atoms with Gasteiger partial charge in [-0.15, -0.1) is 0 Å². The minimum Gasteiger partial charge on any atom is -0.386 e. The first kappa shape index (κ1) is 20.6. The van der Waals surface area contributed by atoms with Gasteiger partial charge in [-0.05, 0) is 31.0 Å². The van der Waals surface area contributed by atoms with E-state index in [4.69, 9.17) is 15.1 Å². The highest BCUT2D eigenvalue weighted by molar-refractivity contribution is 7.89. The first-order valence-corrected chi connectivity index (χ1v) is 9.24. The van der Waals surface area contributed by atoms with Gasteiger partial charge in [0.1, 0.15) is 11.6 Å². The van der Waals surface area contributed by atoms with Crippen molar-refractivity contribution in [2.45, 2.75) is 24.8 Å². The fraction of sp³-hybridized carbons (Fsp3) is 0.375. The molecule has 0 heterocycles. The summed E-state index contributed by atoms with van der Waals surface area (Å²) in [5.41, 5.74) is 0.732. The third-order valence-corrected chi connectivity index (χ3v) is 4.05. The van der Waals surface area contributed by atoms with Gasteiger partial charge in [0, 0.05) is 32.5 Å². The van der Waals surface area contributed by atoms with Crippen molar-refractivity contribution < 1.29 is 17.9 Å². The molecule has 0 aromatic heterocycles. The van der Waals surface area contributed by atoms with Crippen molar-refractivity contribution in [3.63, 3.8) is 0 Å². The van der Waals surface area contributed by atoms with E-state index in [0.29, 0.717) is 32.7 Å². The van der Waals surface area contributed by atoms with E-state index in [0.717, 1.165) is 5.56 Å². The van der Waals surface area contributed by atoms with E-state index in [2.05, 4.69) is 10.6 Å². The van der Waals surface area contributed by atoms with E-state index < -0.39 is 15.9 Å². The van der Waals surface area contributed by atoms with Crippen molar-refractivity contribution in [3.8, 4) is 6.07 Å². The summed E-state index contributed by atoms with van der Waals surface area (Å²) in [4.78, 5) is 11.9. The highest BCUT2D eigenvalue weighted by Crippen LogP contribution is 2.08. The average Bonchev–Trinajstić information content (AvgIpc) is 2.58. The van der Waals surface area contributed by atoms with Crippen molar-refractivity contribution >= 4 is 15.9 Å². The molecule has 1 amide bonds. The molecule has 0 fully saturated rings. The van der Waals surface area contributed by atoms with Gasteiger partial charge in [0.25, 0.3) is 5.91 Å². The lowest BCUT2D eigenvalue weighted by atomic mass is 10.2. The minimum absolute atomic E-state index is 0.0240. The van der Waals surface area contributed by atoms with Crippen molar-refractivity contribution in [2.75, 3.05) is 19.8 Å². The van der Waals surface area contributed by atoms with Crippen LogP contribution in [0.3, 0.4) is 0 Å². The maximum absolute atomic E-state index is 11.8. The van der Waals surface area contributed by atoms with Crippen molar-refractivity contribution in [2.24, 2.45) is 5.14 Å². The van der Waals surface area contributed by atoms with Crippen molar-refractivity contribution in [3.05, 3.63) is 41.6 Å². The number of primary sulfonamides is 1. The number of hydrogen-bond donors (Lipinski definition) is 3. The number of nitrogens with zero attached hydrogens (tertiary/aromatic N) is 1. The Morgan fingerprint density at radius 3 is 2.60 bits per heavy atom. The SMILES string of the molecule is CCOCCCNC(=O)/C(C#N)=C\NCc1ccc(S(N)(=O)=O)cc1. The maximum Gasteiger partial charge on any atom is 0.263 e. The van der Waals surface area contributed by atoms with Gasteiger partial charge >= 0.3 is 0 Å². The van der Waals surface area contributed by atoms with E-state index >= 15 is 0 Å². The smallest absolute Gasteiger partial charge is 0.263 e. The second kappa shape index (κ2) is 10.5. The molecule has 0 aliphatic heterocycles. The molecule has 0 atom stereocenters. The number of carbonyl (C=O) groups is 1. The van der Waals surface area contributed by atoms with Gasteiger partial charge in [-0.25, -0.2) is 13.6 Å². The minimum atomic E-state index is -3.72. The van der Waals surface area contributed by atoms with Crippen LogP contribution in [0.5, 0.6) is 0 Å². The topological polar surface area (TPSA) is 134 Å². The van der Waals surface area contributed by atoms with Crippen LogP contribution in [0.2, 0.25) is 0 Å². The maximum atomic E-state index is 11.8. The summed E-state index contributed by atoms with van der Waals surface area (Å²) < 4.78 is 27.5. The normalized spacial score (nSPS) is 11.6. The summed E-state index contributed by atoms with van der Waals surface area (Å²) in [6.45, 7) is 3.82. The summed E-state index contributed by atoms with van der Waals surface area (Å²) in [5.74, 6) is -0.462. The molecule has 0 aliphatic rings. The summed E-state index contributed by atoms with van der Waals surface area (Å²) in [6, 6.07) is 7.81. The molecule has 0 spiro atoms. The zero-order valence-corrected chi connectivity index (χ0v) is 14.8. The first-order chi connectivity index (χ1) is 11.9. The average molecular weight is 366 g/mol. The number of nitriles is 1. The lowest BCUT2D eigenvalue weighted by Crippen LogP contribution is -2.27. The molecule has 0 bridgehead atoms. The molecule has 9 heteroatoms. The van der Waals surface area contributed by atoms with Gasteiger partial charge < -0.3 is 15.4 Å². The lowest BCUT2D eigenvalue weighted by Gasteiger charge is -2.06. The number of hydrogen-bond acceptors (Lipinski definition) is 6. The van der Waals surface area contributed by atoms with Crippen LogP contribution in [0.1, 0.15) is 18.9 Å². The Morgan fingerprint density at radius 1 is 1.36 bits per heavy atom. The van der Waals surface area contributed by atoms with Crippen LogP contribution in [0.25, 0.3) is 0 Å². The number of sulfonamides is 1. The molecule has 0 unspecified atom stereocenters. The van der Waals surface area contributed by atoms with Crippen LogP contribution in [-0.2, 0) is 26.1 Å². The van der Waals surface area contributed by atoms with E-state index in [9.17, 15) is 13.2 Å². The van der Waals surface area contributed by atoms with Gasteiger partial charge in [-0.2, -0.15) is 5.26 Å². The number of rotatable bonds is 10. The van der Waals surface area contributed by atoms with Crippen molar-refractivity contribution in [1.82, 2.24) is 10.6 Å². The Balaban J connectivity index is 2.49. The third-order valence-electron chi connectivity index (χ3n) is 3.12. The number of benzene rings is 1. The lowest BCUT2D eigenvalue weighted by molar-refractivity contribution is -0.117. The Kier molecular flexibility index (Phi) is 8.63. The molecule has 0 saturated heterocycles. The zero-order chi connectivity index (χ0) is 18.7. The predicted octanol–water partition coefficient (Wildman–Crippen LogP) is 0.374. The van der Waals surface area contributed by atoms with Gasteiger partial charge in [0.15, 0.2) is 0 Å². The van der Waals surface area contributed by atoms with Gasteiger partial charge in [-0.3, -0.25) is 4.79 Å². The van der Waals surface area contributed by atoms with Crippen LogP contribution in [0.4, 0.5) is 0 Å². The molecule has 0 radical (unpaired) electrons. The molecular weight excluding hydrogens is 344 g/mol. The zero-order valence-electron chi connectivity index (χ0n) is 14.0. The Bertz CT molecular complexity index is 736. The number of nitrogens with one attached hydrogen (secondary N) is 2. The second-order valence-corrected chi connectivity index (χ2v) is 6.61. The predicted molar refractivity (Wildman–Crippen MR) is 92.5 cm³/mol. The molecule has 136 valence electrons. The number of carbonyl (C=O) groups excluding carboxylic acids is 1.